The molecule has 3 heterocycles. The minimum Gasteiger partial charge on any atom is -0.460 e. The lowest BCUT2D eigenvalue weighted by atomic mass is 10.1. The van der Waals surface area contributed by atoms with Gasteiger partial charge in [0, 0.05) is 43.5 Å². The van der Waals surface area contributed by atoms with Gasteiger partial charge >= 0.3 is 0 Å². The molecule has 2 N–H and O–H groups in total. The molecule has 0 aliphatic carbocycles. The van der Waals surface area contributed by atoms with Crippen molar-refractivity contribution in [3.05, 3.63) is 59.5 Å². The van der Waals surface area contributed by atoms with Gasteiger partial charge in [-0.2, -0.15) is 10.2 Å². The second kappa shape index (κ2) is 7.71. The van der Waals surface area contributed by atoms with Crippen molar-refractivity contribution in [3.63, 3.8) is 0 Å². The van der Waals surface area contributed by atoms with Crippen LogP contribution in [0.5, 0.6) is 0 Å². The molecule has 1 aliphatic heterocycles. The molecule has 3 aromatic rings. The maximum Gasteiger partial charge on any atom is 0.222 e. The molecule has 0 bridgehead atoms. The van der Waals surface area contributed by atoms with Crippen LogP contribution in [0.25, 0.3) is 11.3 Å². The number of piperazine rings is 1. The Morgan fingerprint density at radius 3 is 2.64 bits per heavy atom. The summed E-state index contributed by atoms with van der Waals surface area (Å²) in [7, 11) is 0. The Hall–Kier alpha value is -3.37. The van der Waals surface area contributed by atoms with Crippen LogP contribution in [0.4, 0.5) is 11.8 Å². The van der Waals surface area contributed by atoms with Gasteiger partial charge in [0.15, 0.2) is 0 Å². The normalized spacial score (nSPS) is 14.8. The summed E-state index contributed by atoms with van der Waals surface area (Å²) in [6.07, 6.45) is 0. The summed E-state index contributed by atoms with van der Waals surface area (Å²) in [6, 6.07) is 15.6. The molecule has 0 radical (unpaired) electrons. The second-order valence-corrected chi connectivity index (χ2v) is 6.91. The number of rotatable bonds is 4. The number of aromatic nitrogens is 2. The molecule has 0 atom stereocenters. The summed E-state index contributed by atoms with van der Waals surface area (Å²) >= 11 is 0. The van der Waals surface area contributed by atoms with Crippen LogP contribution in [-0.4, -0.2) is 41.0 Å². The van der Waals surface area contributed by atoms with Gasteiger partial charge in [0.2, 0.25) is 5.95 Å². The third kappa shape index (κ3) is 3.82. The number of nitrogen functional groups attached to an aromatic ring is 1. The highest BCUT2D eigenvalue weighted by Crippen LogP contribution is 2.26. The maximum atomic E-state index is 9.28. The first-order valence-corrected chi connectivity index (χ1v) is 9.29. The number of nitrogens with zero attached hydrogens (tertiary/aromatic N) is 5. The SMILES string of the molecule is Cc1cc(N2CCN(Cc3ccc(-c4ccccc4C#N)o3)CC2)nc(N)n1. The number of hydrogen-bond acceptors (Lipinski definition) is 7. The summed E-state index contributed by atoms with van der Waals surface area (Å²) in [5.41, 5.74) is 8.11. The highest BCUT2D eigenvalue weighted by Gasteiger charge is 2.20. The zero-order valence-corrected chi connectivity index (χ0v) is 15.8. The molecule has 4 rings (SSSR count). The highest BCUT2D eigenvalue weighted by atomic mass is 16.3. The van der Waals surface area contributed by atoms with Crippen LogP contribution >= 0.6 is 0 Å². The van der Waals surface area contributed by atoms with Gasteiger partial charge in [0.25, 0.3) is 0 Å². The van der Waals surface area contributed by atoms with Crippen LogP contribution in [-0.2, 0) is 6.54 Å². The van der Waals surface area contributed by atoms with Gasteiger partial charge in [-0.1, -0.05) is 12.1 Å². The van der Waals surface area contributed by atoms with Crippen molar-refractivity contribution in [3.8, 4) is 17.4 Å². The molecule has 0 amide bonds. The highest BCUT2D eigenvalue weighted by molar-refractivity contribution is 5.66. The summed E-state index contributed by atoms with van der Waals surface area (Å²) in [5, 5.41) is 9.28. The molecule has 1 fully saturated rings. The Balaban J connectivity index is 1.39. The van der Waals surface area contributed by atoms with Gasteiger partial charge < -0.3 is 15.1 Å². The van der Waals surface area contributed by atoms with E-state index in [1.165, 1.54) is 0 Å². The zero-order valence-electron chi connectivity index (χ0n) is 15.8. The summed E-state index contributed by atoms with van der Waals surface area (Å²) in [4.78, 5) is 13.1. The number of hydrogen-bond donors (Lipinski definition) is 1. The van der Waals surface area contributed by atoms with E-state index in [0.29, 0.717) is 11.5 Å². The van der Waals surface area contributed by atoms with Gasteiger partial charge in [0.05, 0.1) is 18.2 Å². The fourth-order valence-corrected chi connectivity index (χ4v) is 3.50. The molecule has 1 aromatic carbocycles. The van der Waals surface area contributed by atoms with Crippen LogP contribution in [0.3, 0.4) is 0 Å². The molecular formula is C21H22N6O. The van der Waals surface area contributed by atoms with E-state index >= 15 is 0 Å². The standard InChI is InChI=1S/C21H22N6O/c1-15-12-20(25-21(23)24-15)27-10-8-26(9-11-27)14-17-6-7-19(28-17)18-5-3-2-4-16(18)13-22/h2-7,12H,8-11,14H2,1H3,(H2,23,24,25). The quantitative estimate of drug-likeness (QED) is 0.750. The lowest BCUT2D eigenvalue weighted by Gasteiger charge is -2.35. The van der Waals surface area contributed by atoms with Gasteiger partial charge in [-0.25, -0.2) is 4.98 Å². The van der Waals surface area contributed by atoms with Crippen LogP contribution in [0.1, 0.15) is 17.0 Å². The van der Waals surface area contributed by atoms with Crippen LogP contribution in [0.15, 0.2) is 46.9 Å². The molecular weight excluding hydrogens is 352 g/mol. The molecule has 2 aromatic heterocycles. The average molecular weight is 374 g/mol. The van der Waals surface area contributed by atoms with Gasteiger partial charge in [-0.05, 0) is 31.2 Å². The van der Waals surface area contributed by atoms with Crippen molar-refractivity contribution in [2.45, 2.75) is 13.5 Å². The lowest BCUT2D eigenvalue weighted by molar-refractivity contribution is 0.231. The summed E-state index contributed by atoms with van der Waals surface area (Å²) in [5.74, 6) is 2.84. The van der Waals surface area contributed by atoms with Gasteiger partial charge in [-0.15, -0.1) is 0 Å². The number of aryl methyl sites for hydroxylation is 1. The Morgan fingerprint density at radius 2 is 1.89 bits per heavy atom. The Morgan fingerprint density at radius 1 is 1.11 bits per heavy atom. The Bertz CT molecular complexity index is 993. The van der Waals surface area contributed by atoms with E-state index in [1.807, 2.05) is 43.3 Å². The first-order valence-electron chi connectivity index (χ1n) is 9.29. The first kappa shape index (κ1) is 18.0. The van der Waals surface area contributed by atoms with Crippen LogP contribution < -0.4 is 10.6 Å². The van der Waals surface area contributed by atoms with E-state index in [9.17, 15) is 5.26 Å². The van der Waals surface area contributed by atoms with E-state index in [4.69, 9.17) is 10.2 Å². The number of anilines is 2. The van der Waals surface area contributed by atoms with Crippen molar-refractivity contribution in [1.29, 1.82) is 5.26 Å². The average Bonchev–Trinajstić information content (AvgIpc) is 3.16. The summed E-state index contributed by atoms with van der Waals surface area (Å²) in [6.45, 7) is 6.24. The Labute approximate surface area is 164 Å². The number of nitrogens with two attached hydrogens (primary N) is 1. The minimum atomic E-state index is 0.318. The van der Waals surface area contributed by atoms with Crippen molar-refractivity contribution in [1.82, 2.24) is 14.9 Å². The van der Waals surface area contributed by atoms with E-state index in [-0.39, 0.29) is 0 Å². The fraction of sp³-hybridized carbons (Fsp3) is 0.286. The Kier molecular flexibility index (Phi) is 4.96. The predicted molar refractivity (Wildman–Crippen MR) is 108 cm³/mol. The largest absolute Gasteiger partial charge is 0.460 e. The van der Waals surface area contributed by atoms with Crippen molar-refractivity contribution in [2.24, 2.45) is 0 Å². The van der Waals surface area contributed by atoms with Crippen LogP contribution in [0.2, 0.25) is 0 Å². The first-order chi connectivity index (χ1) is 13.6. The predicted octanol–water partition coefficient (Wildman–Crippen LogP) is 2.82. The monoisotopic (exact) mass is 374 g/mol. The van der Waals surface area contributed by atoms with E-state index in [0.717, 1.165) is 61.3 Å². The van der Waals surface area contributed by atoms with Crippen molar-refractivity contribution >= 4 is 11.8 Å². The number of furan rings is 1. The molecule has 1 saturated heterocycles. The zero-order chi connectivity index (χ0) is 19.5. The molecule has 1 aliphatic rings. The van der Waals surface area contributed by atoms with Gasteiger partial charge in [-0.3, -0.25) is 4.90 Å². The third-order valence-electron chi connectivity index (χ3n) is 4.91. The van der Waals surface area contributed by atoms with E-state index < -0.39 is 0 Å². The topological polar surface area (TPSA) is 95.2 Å². The lowest BCUT2D eigenvalue weighted by Crippen LogP contribution is -2.46. The molecule has 7 nitrogen and oxygen atoms in total. The fourth-order valence-electron chi connectivity index (χ4n) is 3.50. The molecule has 7 heteroatoms. The number of nitriles is 1. The maximum absolute atomic E-state index is 9.28. The molecule has 0 saturated carbocycles. The molecule has 0 spiro atoms. The number of benzene rings is 1. The molecule has 28 heavy (non-hydrogen) atoms. The van der Waals surface area contributed by atoms with E-state index in [2.05, 4.69) is 25.8 Å². The third-order valence-corrected chi connectivity index (χ3v) is 4.91. The molecule has 142 valence electrons. The van der Waals surface area contributed by atoms with E-state index in [1.54, 1.807) is 6.07 Å². The molecule has 0 unspecified atom stereocenters. The minimum absolute atomic E-state index is 0.318. The van der Waals surface area contributed by atoms with Crippen molar-refractivity contribution in [2.75, 3.05) is 36.8 Å². The van der Waals surface area contributed by atoms with Crippen molar-refractivity contribution < 1.29 is 4.42 Å². The van der Waals surface area contributed by atoms with Gasteiger partial charge in [0.1, 0.15) is 17.3 Å². The second-order valence-electron chi connectivity index (χ2n) is 6.91. The summed E-state index contributed by atoms with van der Waals surface area (Å²) < 4.78 is 6.01. The smallest absolute Gasteiger partial charge is 0.222 e. The van der Waals surface area contributed by atoms with Crippen LogP contribution in [0, 0.1) is 18.3 Å².